The molecule has 2 amide bonds. The van der Waals surface area contributed by atoms with Gasteiger partial charge in [-0.2, -0.15) is 0 Å². The number of fused-ring (bicyclic) bond motifs is 1. The molecule has 5 nitrogen and oxygen atoms in total. The van der Waals surface area contributed by atoms with Gasteiger partial charge in [0.05, 0.1) is 23.7 Å². The minimum atomic E-state index is -0.481. The summed E-state index contributed by atoms with van der Waals surface area (Å²) in [6.45, 7) is 0. The van der Waals surface area contributed by atoms with Crippen LogP contribution in [0, 0.1) is 5.82 Å². The Kier molecular flexibility index (Phi) is 4.41. The molecule has 4 rings (SSSR count). The van der Waals surface area contributed by atoms with E-state index in [0.29, 0.717) is 16.9 Å². The molecule has 1 N–H and O–H groups in total. The van der Waals surface area contributed by atoms with Crippen LogP contribution in [0.25, 0.3) is 0 Å². The van der Waals surface area contributed by atoms with Crippen LogP contribution in [0.1, 0.15) is 54.2 Å². The first-order valence-corrected chi connectivity index (χ1v) is 8.97. The maximum atomic E-state index is 13.3. The number of rotatable bonds is 4. The summed E-state index contributed by atoms with van der Waals surface area (Å²) in [5, 5.41) is 3.07. The van der Waals surface area contributed by atoms with Crippen molar-refractivity contribution < 1.29 is 14.0 Å². The fourth-order valence-electron chi connectivity index (χ4n) is 3.88. The van der Waals surface area contributed by atoms with E-state index in [1.54, 1.807) is 35.4 Å². The molecule has 0 radical (unpaired) electrons. The molecule has 6 heteroatoms. The molecule has 2 aromatic rings. The molecule has 0 saturated heterocycles. The zero-order chi connectivity index (χ0) is 18.1. The lowest BCUT2D eigenvalue weighted by Crippen LogP contribution is -2.36. The molecule has 1 aromatic carbocycles. The molecule has 134 valence electrons. The second-order valence-corrected chi connectivity index (χ2v) is 6.86. The van der Waals surface area contributed by atoms with E-state index in [9.17, 15) is 14.0 Å². The third-order valence-corrected chi connectivity index (χ3v) is 5.12. The molecule has 1 atom stereocenters. The van der Waals surface area contributed by atoms with E-state index >= 15 is 0 Å². The molecule has 1 unspecified atom stereocenters. The van der Waals surface area contributed by atoms with Gasteiger partial charge in [0.2, 0.25) is 5.91 Å². The number of benzene rings is 1. The first-order chi connectivity index (χ1) is 12.6. The molecule has 1 aliphatic carbocycles. The van der Waals surface area contributed by atoms with Crippen molar-refractivity contribution in [2.75, 3.05) is 4.90 Å². The highest BCUT2D eigenvalue weighted by molar-refractivity contribution is 6.11. The van der Waals surface area contributed by atoms with Gasteiger partial charge in [0.1, 0.15) is 5.82 Å². The SMILES string of the molecule is O=C(CC1c2ncccc2C(=O)N1c1ccc(F)cc1)NC1CCCC1. The summed E-state index contributed by atoms with van der Waals surface area (Å²) in [5.74, 6) is -0.662. The minimum absolute atomic E-state index is 0.0830. The zero-order valence-electron chi connectivity index (χ0n) is 14.3. The summed E-state index contributed by atoms with van der Waals surface area (Å²) in [5.41, 5.74) is 1.66. The van der Waals surface area contributed by atoms with Crippen LogP contribution in [-0.2, 0) is 4.79 Å². The van der Waals surface area contributed by atoms with Crippen molar-refractivity contribution in [3.63, 3.8) is 0 Å². The largest absolute Gasteiger partial charge is 0.353 e. The highest BCUT2D eigenvalue weighted by Gasteiger charge is 2.40. The summed E-state index contributed by atoms with van der Waals surface area (Å²) in [4.78, 5) is 31.3. The molecule has 0 bridgehead atoms. The molecular formula is C20H20FN3O2. The average molecular weight is 353 g/mol. The number of anilines is 1. The van der Waals surface area contributed by atoms with Crippen LogP contribution in [-0.4, -0.2) is 22.8 Å². The Labute approximate surface area is 151 Å². The average Bonchev–Trinajstić information content (AvgIpc) is 3.24. The molecule has 1 aromatic heterocycles. The van der Waals surface area contributed by atoms with E-state index in [0.717, 1.165) is 25.7 Å². The van der Waals surface area contributed by atoms with Crippen LogP contribution >= 0.6 is 0 Å². The Hall–Kier alpha value is -2.76. The first-order valence-electron chi connectivity index (χ1n) is 8.97. The zero-order valence-corrected chi connectivity index (χ0v) is 14.3. The minimum Gasteiger partial charge on any atom is -0.353 e. The smallest absolute Gasteiger partial charge is 0.260 e. The molecule has 26 heavy (non-hydrogen) atoms. The predicted molar refractivity (Wildman–Crippen MR) is 95.2 cm³/mol. The fraction of sp³-hybridized carbons (Fsp3) is 0.350. The van der Waals surface area contributed by atoms with Crippen molar-refractivity contribution >= 4 is 17.5 Å². The number of amides is 2. The van der Waals surface area contributed by atoms with E-state index in [2.05, 4.69) is 10.3 Å². The lowest BCUT2D eigenvalue weighted by molar-refractivity contribution is -0.122. The van der Waals surface area contributed by atoms with Crippen LogP contribution in [0.2, 0.25) is 0 Å². The number of nitrogens with one attached hydrogen (secondary N) is 1. The number of hydrogen-bond acceptors (Lipinski definition) is 3. The number of aromatic nitrogens is 1. The lowest BCUT2D eigenvalue weighted by Gasteiger charge is -2.25. The van der Waals surface area contributed by atoms with Crippen molar-refractivity contribution in [3.05, 3.63) is 59.7 Å². The molecule has 2 aliphatic rings. The summed E-state index contributed by atoms with van der Waals surface area (Å²) >= 11 is 0. The first kappa shape index (κ1) is 16.7. The quantitative estimate of drug-likeness (QED) is 0.917. The van der Waals surface area contributed by atoms with Gasteiger partial charge in [-0.3, -0.25) is 19.5 Å². The maximum absolute atomic E-state index is 13.3. The topological polar surface area (TPSA) is 62.3 Å². The number of hydrogen-bond donors (Lipinski definition) is 1. The van der Waals surface area contributed by atoms with Crippen LogP contribution in [0.5, 0.6) is 0 Å². The Morgan fingerprint density at radius 3 is 2.65 bits per heavy atom. The molecule has 2 heterocycles. The van der Waals surface area contributed by atoms with E-state index in [1.807, 2.05) is 0 Å². The second-order valence-electron chi connectivity index (χ2n) is 6.86. The monoisotopic (exact) mass is 353 g/mol. The Morgan fingerprint density at radius 2 is 1.92 bits per heavy atom. The number of carbonyl (C=O) groups excluding carboxylic acids is 2. The Morgan fingerprint density at radius 1 is 1.19 bits per heavy atom. The van der Waals surface area contributed by atoms with Gasteiger partial charge in [-0.1, -0.05) is 12.8 Å². The number of pyridine rings is 1. The van der Waals surface area contributed by atoms with Crippen LogP contribution in [0.3, 0.4) is 0 Å². The number of carbonyl (C=O) groups is 2. The summed E-state index contributed by atoms with van der Waals surface area (Å²) < 4.78 is 13.3. The highest BCUT2D eigenvalue weighted by Crippen LogP contribution is 2.38. The van der Waals surface area contributed by atoms with E-state index < -0.39 is 6.04 Å². The Bertz CT molecular complexity index is 831. The fourth-order valence-corrected chi connectivity index (χ4v) is 3.88. The van der Waals surface area contributed by atoms with Crippen molar-refractivity contribution in [2.45, 2.75) is 44.2 Å². The molecular weight excluding hydrogens is 333 g/mol. The second kappa shape index (κ2) is 6.86. The van der Waals surface area contributed by atoms with Gasteiger partial charge in [0.15, 0.2) is 0 Å². The third kappa shape index (κ3) is 3.07. The van der Waals surface area contributed by atoms with Gasteiger partial charge in [0.25, 0.3) is 5.91 Å². The van der Waals surface area contributed by atoms with Gasteiger partial charge in [-0.25, -0.2) is 4.39 Å². The molecule has 1 fully saturated rings. The van der Waals surface area contributed by atoms with Gasteiger partial charge in [-0.05, 0) is 49.2 Å². The van der Waals surface area contributed by atoms with Crippen molar-refractivity contribution in [1.29, 1.82) is 0 Å². The van der Waals surface area contributed by atoms with Crippen LogP contribution in [0.4, 0.5) is 10.1 Å². The van der Waals surface area contributed by atoms with Crippen LogP contribution < -0.4 is 10.2 Å². The van der Waals surface area contributed by atoms with Gasteiger partial charge in [0, 0.05) is 17.9 Å². The predicted octanol–water partition coefficient (Wildman–Crippen LogP) is 3.37. The van der Waals surface area contributed by atoms with Crippen molar-refractivity contribution in [3.8, 4) is 0 Å². The summed E-state index contributed by atoms with van der Waals surface area (Å²) in [7, 11) is 0. The van der Waals surface area contributed by atoms with Crippen molar-refractivity contribution in [2.24, 2.45) is 0 Å². The standard InChI is InChI=1S/C20H20FN3O2/c21-13-7-9-15(10-8-13)24-17(12-18(25)23-14-4-1-2-5-14)19-16(20(24)26)6-3-11-22-19/h3,6-11,14,17H,1-2,4-5,12H2,(H,23,25). The Balaban J connectivity index is 1.62. The van der Waals surface area contributed by atoms with Gasteiger partial charge < -0.3 is 5.32 Å². The van der Waals surface area contributed by atoms with E-state index in [4.69, 9.17) is 0 Å². The molecule has 1 saturated carbocycles. The van der Waals surface area contributed by atoms with Gasteiger partial charge in [-0.15, -0.1) is 0 Å². The van der Waals surface area contributed by atoms with Crippen molar-refractivity contribution in [1.82, 2.24) is 10.3 Å². The maximum Gasteiger partial charge on any atom is 0.260 e. The summed E-state index contributed by atoms with van der Waals surface area (Å²) in [6, 6.07) is 8.91. The molecule has 1 aliphatic heterocycles. The number of nitrogens with zero attached hydrogens (tertiary/aromatic N) is 2. The van der Waals surface area contributed by atoms with Crippen LogP contribution in [0.15, 0.2) is 42.6 Å². The molecule has 0 spiro atoms. The highest BCUT2D eigenvalue weighted by atomic mass is 19.1. The third-order valence-electron chi connectivity index (χ3n) is 5.12. The van der Waals surface area contributed by atoms with E-state index in [-0.39, 0.29) is 30.1 Å². The lowest BCUT2D eigenvalue weighted by atomic mass is 10.1. The summed E-state index contributed by atoms with van der Waals surface area (Å²) in [6.07, 6.45) is 6.06. The number of halogens is 1. The normalized spacial score (nSPS) is 19.7. The van der Waals surface area contributed by atoms with E-state index in [1.165, 1.54) is 12.1 Å². The van der Waals surface area contributed by atoms with Gasteiger partial charge >= 0.3 is 0 Å².